The summed E-state index contributed by atoms with van der Waals surface area (Å²) in [7, 11) is 0. The van der Waals surface area contributed by atoms with Crippen molar-refractivity contribution in [3.05, 3.63) is 63.9 Å². The monoisotopic (exact) mass is 308 g/mol. The molecule has 0 fully saturated rings. The first-order chi connectivity index (χ1) is 10.0. The fourth-order valence-corrected chi connectivity index (χ4v) is 2.05. The van der Waals surface area contributed by atoms with Gasteiger partial charge in [-0.1, -0.05) is 28.9 Å². The predicted octanol–water partition coefficient (Wildman–Crippen LogP) is 3.46. The van der Waals surface area contributed by atoms with Gasteiger partial charge in [-0.25, -0.2) is 4.39 Å². The number of oxime groups is 1. The highest BCUT2D eigenvalue weighted by Crippen LogP contribution is 2.23. The lowest BCUT2D eigenvalue weighted by atomic mass is 10.1. The molecule has 0 saturated heterocycles. The van der Waals surface area contributed by atoms with Crippen LogP contribution < -0.4 is 10.5 Å². The van der Waals surface area contributed by atoms with Crippen molar-refractivity contribution in [2.75, 3.05) is 0 Å². The molecule has 0 saturated carbocycles. The molecular formula is C15H14ClFN2O2. The molecule has 0 aromatic heterocycles. The average Bonchev–Trinajstić information content (AvgIpc) is 2.46. The standard InChI is InChI=1S/C15H14ClFN2O2/c1-9-2-3-11(12(16)6-9)8-21-14-5-4-10(7-13(14)17)15(18)19-20/h2-7,20H,8H2,1H3,(H2,18,19). The molecule has 0 atom stereocenters. The summed E-state index contributed by atoms with van der Waals surface area (Å²) in [5.41, 5.74) is 7.47. The van der Waals surface area contributed by atoms with E-state index in [2.05, 4.69) is 5.16 Å². The highest BCUT2D eigenvalue weighted by Gasteiger charge is 2.09. The van der Waals surface area contributed by atoms with Gasteiger partial charge in [-0.2, -0.15) is 0 Å². The lowest BCUT2D eigenvalue weighted by molar-refractivity contribution is 0.290. The maximum atomic E-state index is 13.9. The molecule has 0 amide bonds. The fraction of sp³-hybridized carbons (Fsp3) is 0.133. The molecule has 2 aromatic carbocycles. The van der Waals surface area contributed by atoms with Crippen molar-refractivity contribution in [2.24, 2.45) is 10.9 Å². The van der Waals surface area contributed by atoms with Gasteiger partial charge in [0.1, 0.15) is 6.61 Å². The van der Waals surface area contributed by atoms with Crippen LogP contribution in [0.15, 0.2) is 41.6 Å². The largest absolute Gasteiger partial charge is 0.486 e. The second-order valence-corrected chi connectivity index (χ2v) is 4.92. The topological polar surface area (TPSA) is 67.8 Å². The molecular weight excluding hydrogens is 295 g/mol. The molecule has 0 bridgehead atoms. The number of rotatable bonds is 4. The molecule has 2 rings (SSSR count). The molecule has 6 heteroatoms. The van der Waals surface area contributed by atoms with Crippen LogP contribution in [0.25, 0.3) is 0 Å². The minimum Gasteiger partial charge on any atom is -0.486 e. The number of nitrogens with zero attached hydrogens (tertiary/aromatic N) is 1. The van der Waals surface area contributed by atoms with Crippen LogP contribution >= 0.6 is 11.6 Å². The first kappa shape index (κ1) is 15.1. The Morgan fingerprint density at radius 3 is 2.71 bits per heavy atom. The van der Waals surface area contributed by atoms with Crippen molar-refractivity contribution in [2.45, 2.75) is 13.5 Å². The number of aryl methyl sites for hydroxylation is 1. The summed E-state index contributed by atoms with van der Waals surface area (Å²) in [6, 6.07) is 9.62. The number of amidine groups is 1. The summed E-state index contributed by atoms with van der Waals surface area (Å²) in [6.07, 6.45) is 0. The third-order valence-electron chi connectivity index (χ3n) is 2.93. The van der Waals surface area contributed by atoms with Gasteiger partial charge in [-0.15, -0.1) is 0 Å². The van der Waals surface area contributed by atoms with E-state index in [4.69, 9.17) is 27.3 Å². The highest BCUT2D eigenvalue weighted by atomic mass is 35.5. The van der Waals surface area contributed by atoms with Gasteiger partial charge in [0.15, 0.2) is 17.4 Å². The van der Waals surface area contributed by atoms with Gasteiger partial charge in [0, 0.05) is 16.1 Å². The zero-order chi connectivity index (χ0) is 15.4. The van der Waals surface area contributed by atoms with Crippen molar-refractivity contribution >= 4 is 17.4 Å². The van der Waals surface area contributed by atoms with Crippen molar-refractivity contribution < 1.29 is 14.3 Å². The maximum absolute atomic E-state index is 13.9. The van der Waals surface area contributed by atoms with Gasteiger partial charge in [-0.05, 0) is 36.8 Å². The summed E-state index contributed by atoms with van der Waals surface area (Å²) in [5.74, 6) is -0.689. The van der Waals surface area contributed by atoms with Crippen LogP contribution in [-0.4, -0.2) is 11.0 Å². The first-order valence-corrected chi connectivity index (χ1v) is 6.54. The Labute approximate surface area is 126 Å². The number of hydrogen-bond donors (Lipinski definition) is 2. The van der Waals surface area contributed by atoms with Crippen molar-refractivity contribution in [3.8, 4) is 5.75 Å². The number of benzene rings is 2. The van der Waals surface area contributed by atoms with Crippen molar-refractivity contribution in [1.82, 2.24) is 0 Å². The Hall–Kier alpha value is -2.27. The van der Waals surface area contributed by atoms with Crippen LogP contribution in [-0.2, 0) is 6.61 Å². The van der Waals surface area contributed by atoms with E-state index in [0.717, 1.165) is 17.2 Å². The second kappa shape index (κ2) is 6.45. The van der Waals surface area contributed by atoms with Gasteiger partial charge in [0.25, 0.3) is 0 Å². The van der Waals surface area contributed by atoms with Gasteiger partial charge in [0.2, 0.25) is 0 Å². The summed E-state index contributed by atoms with van der Waals surface area (Å²) in [4.78, 5) is 0. The summed E-state index contributed by atoms with van der Waals surface area (Å²) in [6.45, 7) is 2.08. The summed E-state index contributed by atoms with van der Waals surface area (Å²) in [5, 5.41) is 11.9. The molecule has 21 heavy (non-hydrogen) atoms. The molecule has 110 valence electrons. The Balaban J connectivity index is 2.13. The third kappa shape index (κ3) is 3.64. The molecule has 0 aliphatic carbocycles. The zero-order valence-corrected chi connectivity index (χ0v) is 12.1. The number of ether oxygens (including phenoxy) is 1. The van der Waals surface area contributed by atoms with E-state index in [1.165, 1.54) is 12.1 Å². The average molecular weight is 309 g/mol. The van der Waals surface area contributed by atoms with Crippen LogP contribution in [0.3, 0.4) is 0 Å². The van der Waals surface area contributed by atoms with E-state index < -0.39 is 5.82 Å². The quantitative estimate of drug-likeness (QED) is 0.393. The van der Waals surface area contributed by atoms with Crippen LogP contribution in [0.2, 0.25) is 5.02 Å². The Morgan fingerprint density at radius 2 is 2.10 bits per heavy atom. The highest BCUT2D eigenvalue weighted by molar-refractivity contribution is 6.31. The normalized spacial score (nSPS) is 11.5. The van der Waals surface area contributed by atoms with E-state index in [0.29, 0.717) is 5.02 Å². The zero-order valence-electron chi connectivity index (χ0n) is 11.3. The lowest BCUT2D eigenvalue weighted by Crippen LogP contribution is -2.13. The van der Waals surface area contributed by atoms with Gasteiger partial charge >= 0.3 is 0 Å². The first-order valence-electron chi connectivity index (χ1n) is 6.16. The van der Waals surface area contributed by atoms with Gasteiger partial charge in [0.05, 0.1) is 0 Å². The lowest BCUT2D eigenvalue weighted by Gasteiger charge is -2.10. The van der Waals surface area contributed by atoms with Gasteiger partial charge < -0.3 is 15.7 Å². The summed E-state index contributed by atoms with van der Waals surface area (Å²) < 4.78 is 19.3. The van der Waals surface area contributed by atoms with E-state index >= 15 is 0 Å². The Bertz CT molecular complexity index is 689. The maximum Gasteiger partial charge on any atom is 0.170 e. The molecule has 3 N–H and O–H groups in total. The summed E-state index contributed by atoms with van der Waals surface area (Å²) >= 11 is 6.09. The molecule has 0 unspecified atom stereocenters. The van der Waals surface area contributed by atoms with E-state index in [1.807, 2.05) is 25.1 Å². The number of hydrogen-bond acceptors (Lipinski definition) is 3. The minimum absolute atomic E-state index is 0.0705. The fourth-order valence-electron chi connectivity index (χ4n) is 1.76. The Morgan fingerprint density at radius 1 is 1.33 bits per heavy atom. The molecule has 0 radical (unpaired) electrons. The molecule has 2 aromatic rings. The number of nitrogens with two attached hydrogens (primary N) is 1. The van der Waals surface area contributed by atoms with Crippen LogP contribution in [0.5, 0.6) is 5.75 Å². The van der Waals surface area contributed by atoms with E-state index in [9.17, 15) is 4.39 Å². The Kier molecular flexibility index (Phi) is 4.65. The van der Waals surface area contributed by atoms with Crippen molar-refractivity contribution in [3.63, 3.8) is 0 Å². The molecule has 0 aliphatic rings. The smallest absolute Gasteiger partial charge is 0.170 e. The number of halogens is 2. The van der Waals surface area contributed by atoms with E-state index in [1.54, 1.807) is 0 Å². The van der Waals surface area contributed by atoms with Crippen LogP contribution in [0.4, 0.5) is 4.39 Å². The van der Waals surface area contributed by atoms with Crippen LogP contribution in [0.1, 0.15) is 16.7 Å². The minimum atomic E-state index is -0.595. The molecule has 0 spiro atoms. The van der Waals surface area contributed by atoms with Crippen molar-refractivity contribution in [1.29, 1.82) is 0 Å². The predicted molar refractivity (Wildman–Crippen MR) is 79.4 cm³/mol. The molecule has 4 nitrogen and oxygen atoms in total. The van der Waals surface area contributed by atoms with Crippen LogP contribution in [0, 0.1) is 12.7 Å². The molecule has 0 heterocycles. The third-order valence-corrected chi connectivity index (χ3v) is 3.28. The molecule has 0 aliphatic heterocycles. The van der Waals surface area contributed by atoms with E-state index in [-0.39, 0.29) is 23.8 Å². The SMILES string of the molecule is Cc1ccc(COc2ccc(/C(N)=N/O)cc2F)c(Cl)c1. The van der Waals surface area contributed by atoms with Gasteiger partial charge in [-0.3, -0.25) is 0 Å². The second-order valence-electron chi connectivity index (χ2n) is 4.51.